The maximum Gasteiger partial charge on any atom is 0.276 e. The van der Waals surface area contributed by atoms with Gasteiger partial charge in [0.2, 0.25) is 0 Å². The Morgan fingerprint density at radius 2 is 1.84 bits per heavy atom. The van der Waals surface area contributed by atoms with Crippen LogP contribution in [0.3, 0.4) is 0 Å². The van der Waals surface area contributed by atoms with E-state index in [1.165, 1.54) is 4.80 Å². The van der Waals surface area contributed by atoms with Crippen LogP contribution in [-0.4, -0.2) is 51.1 Å². The molecule has 1 fully saturated rings. The zero-order valence-electron chi connectivity index (χ0n) is 15.4. The lowest BCUT2D eigenvalue weighted by atomic mass is 10.0. The number of aryl methyl sites for hydroxylation is 2. The van der Waals surface area contributed by atoms with Crippen molar-refractivity contribution in [3.8, 4) is 5.69 Å². The van der Waals surface area contributed by atoms with Crippen LogP contribution in [0.4, 0.5) is 0 Å². The van der Waals surface area contributed by atoms with Crippen LogP contribution >= 0.6 is 0 Å². The van der Waals surface area contributed by atoms with Gasteiger partial charge in [0.1, 0.15) is 0 Å². The van der Waals surface area contributed by atoms with Gasteiger partial charge in [0.05, 0.1) is 11.9 Å². The standard InChI is InChI=1S/C19H26N4O2/c1-13(2)22(16-5-7-25-8-6-16)19(24)18-12-20-23(21-18)17-10-14(3)9-15(4)11-17/h9-13,16H,5-8H2,1-4H3. The van der Waals surface area contributed by atoms with Crippen molar-refractivity contribution in [2.45, 2.75) is 52.6 Å². The molecule has 0 spiro atoms. The Balaban J connectivity index is 1.85. The molecule has 0 saturated carbocycles. The normalized spacial score (nSPS) is 15.6. The predicted molar refractivity (Wildman–Crippen MR) is 96.0 cm³/mol. The summed E-state index contributed by atoms with van der Waals surface area (Å²) in [5, 5.41) is 8.75. The maximum absolute atomic E-state index is 13.0. The van der Waals surface area contributed by atoms with E-state index in [4.69, 9.17) is 4.74 Å². The SMILES string of the molecule is Cc1cc(C)cc(-n2ncc(C(=O)N(C(C)C)C3CCOCC3)n2)c1. The Bertz CT molecular complexity index is 727. The molecular formula is C19H26N4O2. The zero-order valence-corrected chi connectivity index (χ0v) is 15.4. The van der Waals surface area contributed by atoms with Crippen molar-refractivity contribution in [3.63, 3.8) is 0 Å². The minimum atomic E-state index is -0.0578. The summed E-state index contributed by atoms with van der Waals surface area (Å²) in [5.41, 5.74) is 3.55. The number of carbonyl (C=O) groups excluding carboxylic acids is 1. The van der Waals surface area contributed by atoms with E-state index in [-0.39, 0.29) is 18.0 Å². The minimum Gasteiger partial charge on any atom is -0.381 e. The molecule has 1 aromatic carbocycles. The predicted octanol–water partition coefficient (Wildman–Crippen LogP) is 2.91. The van der Waals surface area contributed by atoms with Gasteiger partial charge in [-0.1, -0.05) is 6.07 Å². The number of rotatable bonds is 4. The first-order valence-electron chi connectivity index (χ1n) is 8.87. The van der Waals surface area contributed by atoms with Gasteiger partial charge in [-0.15, -0.1) is 5.10 Å². The Morgan fingerprint density at radius 3 is 2.44 bits per heavy atom. The molecule has 2 heterocycles. The fraction of sp³-hybridized carbons (Fsp3) is 0.526. The van der Waals surface area contributed by atoms with Gasteiger partial charge >= 0.3 is 0 Å². The molecule has 3 rings (SSSR count). The summed E-state index contributed by atoms with van der Waals surface area (Å²) in [7, 11) is 0. The second-order valence-corrected chi connectivity index (χ2v) is 7.01. The average molecular weight is 342 g/mol. The summed E-state index contributed by atoms with van der Waals surface area (Å²) in [5.74, 6) is -0.0578. The van der Waals surface area contributed by atoms with E-state index in [0.717, 1.165) is 29.7 Å². The second kappa shape index (κ2) is 7.35. The highest BCUT2D eigenvalue weighted by Crippen LogP contribution is 2.20. The van der Waals surface area contributed by atoms with Crippen LogP contribution in [0.25, 0.3) is 5.69 Å². The summed E-state index contributed by atoms with van der Waals surface area (Å²) in [6.07, 6.45) is 3.30. The van der Waals surface area contributed by atoms with Crippen molar-refractivity contribution in [1.29, 1.82) is 0 Å². The molecule has 1 saturated heterocycles. The van der Waals surface area contributed by atoms with Gasteiger partial charge in [-0.3, -0.25) is 4.79 Å². The summed E-state index contributed by atoms with van der Waals surface area (Å²) in [6, 6.07) is 6.44. The molecule has 0 N–H and O–H groups in total. The third kappa shape index (κ3) is 3.90. The van der Waals surface area contributed by atoms with Gasteiger partial charge < -0.3 is 9.64 Å². The Morgan fingerprint density at radius 1 is 1.20 bits per heavy atom. The summed E-state index contributed by atoms with van der Waals surface area (Å²) in [4.78, 5) is 16.5. The molecule has 0 bridgehead atoms. The van der Waals surface area contributed by atoms with E-state index in [9.17, 15) is 4.79 Å². The lowest BCUT2D eigenvalue weighted by Crippen LogP contribution is -2.47. The van der Waals surface area contributed by atoms with Crippen LogP contribution in [0.2, 0.25) is 0 Å². The van der Waals surface area contributed by atoms with E-state index in [1.54, 1.807) is 6.20 Å². The monoisotopic (exact) mass is 342 g/mol. The molecule has 1 amide bonds. The molecule has 1 aliphatic heterocycles. The second-order valence-electron chi connectivity index (χ2n) is 7.01. The van der Waals surface area contributed by atoms with Crippen LogP contribution < -0.4 is 0 Å². The Kier molecular flexibility index (Phi) is 5.18. The smallest absolute Gasteiger partial charge is 0.276 e. The quantitative estimate of drug-likeness (QED) is 0.857. The number of ether oxygens (including phenoxy) is 1. The molecular weight excluding hydrogens is 316 g/mol. The molecule has 0 radical (unpaired) electrons. The summed E-state index contributed by atoms with van der Waals surface area (Å²) >= 11 is 0. The molecule has 6 nitrogen and oxygen atoms in total. The first-order chi connectivity index (χ1) is 12.0. The van der Waals surface area contributed by atoms with E-state index in [0.29, 0.717) is 18.9 Å². The van der Waals surface area contributed by atoms with E-state index < -0.39 is 0 Å². The third-order valence-electron chi connectivity index (χ3n) is 4.52. The zero-order chi connectivity index (χ0) is 18.0. The number of nitrogens with zero attached hydrogens (tertiary/aromatic N) is 4. The third-order valence-corrected chi connectivity index (χ3v) is 4.52. The Labute approximate surface area is 148 Å². The number of amides is 1. The molecule has 0 unspecified atom stereocenters. The molecule has 1 aromatic heterocycles. The molecule has 0 aliphatic carbocycles. The topological polar surface area (TPSA) is 60.2 Å². The molecule has 25 heavy (non-hydrogen) atoms. The van der Waals surface area contributed by atoms with Crippen LogP contribution in [-0.2, 0) is 4.74 Å². The average Bonchev–Trinajstić information content (AvgIpc) is 3.05. The van der Waals surface area contributed by atoms with Crippen LogP contribution in [0.15, 0.2) is 24.4 Å². The lowest BCUT2D eigenvalue weighted by molar-refractivity contribution is 0.0202. The molecule has 1 aliphatic rings. The Hall–Kier alpha value is -2.21. The highest BCUT2D eigenvalue weighted by molar-refractivity contribution is 5.92. The lowest BCUT2D eigenvalue weighted by Gasteiger charge is -2.36. The van der Waals surface area contributed by atoms with Crippen LogP contribution in [0.5, 0.6) is 0 Å². The van der Waals surface area contributed by atoms with Gasteiger partial charge in [-0.2, -0.15) is 9.90 Å². The van der Waals surface area contributed by atoms with Crippen molar-refractivity contribution < 1.29 is 9.53 Å². The van der Waals surface area contributed by atoms with Crippen LogP contribution in [0.1, 0.15) is 48.3 Å². The fourth-order valence-electron chi connectivity index (χ4n) is 3.47. The molecule has 2 aromatic rings. The highest BCUT2D eigenvalue weighted by atomic mass is 16.5. The largest absolute Gasteiger partial charge is 0.381 e. The minimum absolute atomic E-state index is 0.0578. The maximum atomic E-state index is 13.0. The van der Waals surface area contributed by atoms with E-state index in [2.05, 4.69) is 16.3 Å². The van der Waals surface area contributed by atoms with Gasteiger partial charge in [0.15, 0.2) is 5.69 Å². The molecule has 134 valence electrons. The number of carbonyl (C=O) groups is 1. The number of benzene rings is 1. The van der Waals surface area contributed by atoms with Crippen LogP contribution in [0, 0.1) is 13.8 Å². The number of aromatic nitrogens is 3. The van der Waals surface area contributed by atoms with Gasteiger partial charge in [0, 0.05) is 25.3 Å². The van der Waals surface area contributed by atoms with Crippen molar-refractivity contribution in [2.75, 3.05) is 13.2 Å². The molecule has 0 atom stereocenters. The van der Waals surface area contributed by atoms with Crippen molar-refractivity contribution in [1.82, 2.24) is 19.9 Å². The van der Waals surface area contributed by atoms with Crippen molar-refractivity contribution in [3.05, 3.63) is 41.2 Å². The van der Waals surface area contributed by atoms with Gasteiger partial charge in [0.25, 0.3) is 5.91 Å². The van der Waals surface area contributed by atoms with Crippen molar-refractivity contribution in [2.24, 2.45) is 0 Å². The molecule has 6 heteroatoms. The summed E-state index contributed by atoms with van der Waals surface area (Å²) < 4.78 is 5.43. The summed E-state index contributed by atoms with van der Waals surface area (Å²) in [6.45, 7) is 9.58. The number of hydrogen-bond donors (Lipinski definition) is 0. The van der Waals surface area contributed by atoms with Crippen molar-refractivity contribution >= 4 is 5.91 Å². The first kappa shape index (κ1) is 17.6. The highest BCUT2D eigenvalue weighted by Gasteiger charge is 2.30. The fourth-order valence-corrected chi connectivity index (χ4v) is 3.47. The van der Waals surface area contributed by atoms with E-state index >= 15 is 0 Å². The van der Waals surface area contributed by atoms with Gasteiger partial charge in [-0.05, 0) is 63.8 Å². The first-order valence-corrected chi connectivity index (χ1v) is 8.87. The van der Waals surface area contributed by atoms with E-state index in [1.807, 2.05) is 44.7 Å². The number of hydrogen-bond acceptors (Lipinski definition) is 4. The van der Waals surface area contributed by atoms with Gasteiger partial charge in [-0.25, -0.2) is 0 Å².